The molecule has 94 valence electrons. The van der Waals surface area contributed by atoms with Crippen molar-refractivity contribution in [3.63, 3.8) is 0 Å². The normalized spacial score (nSPS) is 12.2. The monoisotopic (exact) mass is 262 g/mol. The lowest BCUT2D eigenvalue weighted by atomic mass is 10.1. The van der Waals surface area contributed by atoms with Gasteiger partial charge in [-0.05, 0) is 48.4 Å². The Balaban J connectivity index is 2.08. The van der Waals surface area contributed by atoms with Crippen molar-refractivity contribution in [1.29, 1.82) is 0 Å². The molecule has 0 aromatic heterocycles. The quantitative estimate of drug-likeness (QED) is 0.874. The maximum Gasteiger partial charge on any atom is 0.127 e. The molecule has 0 amide bonds. The van der Waals surface area contributed by atoms with Crippen LogP contribution >= 0.6 is 11.6 Å². The minimum absolute atomic E-state index is 0.408. The molecule has 0 bridgehead atoms. The molecule has 2 rings (SSSR count). The highest BCUT2D eigenvalue weighted by atomic mass is 35.5. The van der Waals surface area contributed by atoms with E-state index < -0.39 is 6.10 Å². The second kappa shape index (κ2) is 5.89. The van der Waals surface area contributed by atoms with Gasteiger partial charge < -0.3 is 9.84 Å². The zero-order chi connectivity index (χ0) is 13.0. The predicted molar refractivity (Wildman–Crippen MR) is 73.2 cm³/mol. The summed E-state index contributed by atoms with van der Waals surface area (Å²) in [5.74, 6) is 1.48. The van der Waals surface area contributed by atoms with E-state index in [9.17, 15) is 5.11 Å². The average molecular weight is 263 g/mol. The van der Waals surface area contributed by atoms with Crippen LogP contribution in [0.3, 0.4) is 0 Å². The minimum atomic E-state index is -0.408. The Morgan fingerprint density at radius 1 is 1.00 bits per heavy atom. The van der Waals surface area contributed by atoms with E-state index in [0.717, 1.165) is 17.1 Å². The highest BCUT2D eigenvalue weighted by molar-refractivity contribution is 6.30. The Hall–Kier alpha value is -1.51. The zero-order valence-corrected chi connectivity index (χ0v) is 10.9. The van der Waals surface area contributed by atoms with E-state index in [0.29, 0.717) is 11.4 Å². The molecule has 0 saturated heterocycles. The zero-order valence-electron chi connectivity index (χ0n) is 10.1. The van der Waals surface area contributed by atoms with Gasteiger partial charge in [-0.15, -0.1) is 0 Å². The summed E-state index contributed by atoms with van der Waals surface area (Å²) >= 11 is 5.80. The first-order chi connectivity index (χ1) is 8.69. The van der Waals surface area contributed by atoms with Gasteiger partial charge in [0, 0.05) is 5.02 Å². The van der Waals surface area contributed by atoms with Crippen molar-refractivity contribution in [2.45, 2.75) is 19.4 Å². The Morgan fingerprint density at radius 3 is 2.00 bits per heavy atom. The second-order valence-electron chi connectivity index (χ2n) is 4.05. The fourth-order valence-electron chi connectivity index (χ4n) is 1.63. The van der Waals surface area contributed by atoms with Crippen LogP contribution in [0, 0.1) is 0 Å². The Morgan fingerprint density at radius 2 is 1.50 bits per heavy atom. The maximum atomic E-state index is 9.68. The largest absolute Gasteiger partial charge is 0.457 e. The maximum absolute atomic E-state index is 9.68. The molecule has 1 N–H and O–H groups in total. The molecule has 0 aliphatic rings. The molecule has 2 aromatic carbocycles. The van der Waals surface area contributed by atoms with Gasteiger partial charge >= 0.3 is 0 Å². The molecule has 0 aliphatic heterocycles. The fourth-order valence-corrected chi connectivity index (χ4v) is 1.76. The first-order valence-electron chi connectivity index (χ1n) is 5.90. The van der Waals surface area contributed by atoms with E-state index in [-0.39, 0.29) is 0 Å². The number of aliphatic hydroxyl groups is 1. The van der Waals surface area contributed by atoms with Crippen LogP contribution in [0.2, 0.25) is 5.02 Å². The summed E-state index contributed by atoms with van der Waals surface area (Å²) in [5.41, 5.74) is 0.904. The fraction of sp³-hybridized carbons (Fsp3) is 0.200. The Kier molecular flexibility index (Phi) is 4.24. The minimum Gasteiger partial charge on any atom is -0.457 e. The third-order valence-electron chi connectivity index (χ3n) is 2.70. The van der Waals surface area contributed by atoms with Crippen LogP contribution in [0.4, 0.5) is 0 Å². The van der Waals surface area contributed by atoms with Gasteiger partial charge in [-0.25, -0.2) is 0 Å². The standard InChI is InChI=1S/C15H15ClO2/c1-2-15(17)11-3-7-13(8-4-11)18-14-9-5-12(16)6-10-14/h3-10,15,17H,2H2,1H3/t15-/m1/s1. The third kappa shape index (κ3) is 3.25. The average Bonchev–Trinajstić information content (AvgIpc) is 2.41. The van der Waals surface area contributed by atoms with E-state index in [1.165, 1.54) is 0 Å². The third-order valence-corrected chi connectivity index (χ3v) is 2.95. The molecule has 3 heteroatoms. The molecule has 18 heavy (non-hydrogen) atoms. The van der Waals surface area contributed by atoms with Crippen molar-refractivity contribution in [3.05, 3.63) is 59.1 Å². The molecule has 0 fully saturated rings. The van der Waals surface area contributed by atoms with Gasteiger partial charge in [0.1, 0.15) is 11.5 Å². The van der Waals surface area contributed by atoms with Crippen molar-refractivity contribution in [2.75, 3.05) is 0 Å². The number of hydrogen-bond donors (Lipinski definition) is 1. The van der Waals surface area contributed by atoms with E-state index in [1.807, 2.05) is 43.3 Å². The van der Waals surface area contributed by atoms with Gasteiger partial charge in [-0.3, -0.25) is 0 Å². The molecule has 0 saturated carbocycles. The van der Waals surface area contributed by atoms with Crippen molar-refractivity contribution in [1.82, 2.24) is 0 Å². The van der Waals surface area contributed by atoms with Gasteiger partial charge in [0.05, 0.1) is 6.10 Å². The molecule has 2 nitrogen and oxygen atoms in total. The highest BCUT2D eigenvalue weighted by Crippen LogP contribution is 2.25. The van der Waals surface area contributed by atoms with Crippen molar-refractivity contribution >= 4 is 11.6 Å². The number of aliphatic hydroxyl groups excluding tert-OH is 1. The molecule has 0 aliphatic carbocycles. The first-order valence-corrected chi connectivity index (χ1v) is 6.28. The van der Waals surface area contributed by atoms with Crippen molar-refractivity contribution in [2.24, 2.45) is 0 Å². The summed E-state index contributed by atoms with van der Waals surface area (Å²) < 4.78 is 5.66. The summed E-state index contributed by atoms with van der Waals surface area (Å²) in [7, 11) is 0. The Bertz CT molecular complexity index is 491. The van der Waals surface area contributed by atoms with Gasteiger partial charge in [0.15, 0.2) is 0 Å². The van der Waals surface area contributed by atoms with Crippen LogP contribution in [0.25, 0.3) is 0 Å². The second-order valence-corrected chi connectivity index (χ2v) is 4.49. The topological polar surface area (TPSA) is 29.5 Å². The molecule has 0 unspecified atom stereocenters. The first kappa shape index (κ1) is 12.9. The summed E-state index contributed by atoms with van der Waals surface area (Å²) in [6, 6.07) is 14.6. The van der Waals surface area contributed by atoms with E-state index >= 15 is 0 Å². The lowest BCUT2D eigenvalue weighted by Gasteiger charge is -2.10. The molecule has 0 heterocycles. The van der Waals surface area contributed by atoms with Crippen LogP contribution in [0.5, 0.6) is 11.5 Å². The van der Waals surface area contributed by atoms with Crippen molar-refractivity contribution in [3.8, 4) is 11.5 Å². The van der Waals surface area contributed by atoms with E-state index in [4.69, 9.17) is 16.3 Å². The van der Waals surface area contributed by atoms with Gasteiger partial charge in [-0.2, -0.15) is 0 Å². The van der Waals surface area contributed by atoms with Gasteiger partial charge in [0.25, 0.3) is 0 Å². The van der Waals surface area contributed by atoms with Crippen molar-refractivity contribution < 1.29 is 9.84 Å². The van der Waals surface area contributed by atoms with Crippen LogP contribution in [-0.2, 0) is 0 Å². The molecule has 0 spiro atoms. The smallest absolute Gasteiger partial charge is 0.127 e. The van der Waals surface area contributed by atoms with Crippen LogP contribution < -0.4 is 4.74 Å². The van der Waals surface area contributed by atoms with Crippen LogP contribution in [0.15, 0.2) is 48.5 Å². The number of halogens is 1. The number of rotatable bonds is 4. The Labute approximate surface area is 112 Å². The van der Waals surface area contributed by atoms with Crippen LogP contribution in [-0.4, -0.2) is 5.11 Å². The molecular formula is C15H15ClO2. The lowest BCUT2D eigenvalue weighted by molar-refractivity contribution is 0.173. The highest BCUT2D eigenvalue weighted by Gasteiger charge is 2.04. The molecule has 0 radical (unpaired) electrons. The summed E-state index contributed by atoms with van der Waals surface area (Å²) in [5, 5.41) is 10.4. The summed E-state index contributed by atoms with van der Waals surface area (Å²) in [6.45, 7) is 1.95. The van der Waals surface area contributed by atoms with Crippen LogP contribution in [0.1, 0.15) is 25.0 Å². The molecule has 1 atom stereocenters. The van der Waals surface area contributed by atoms with Gasteiger partial charge in [-0.1, -0.05) is 30.7 Å². The molecule has 2 aromatic rings. The van der Waals surface area contributed by atoms with Gasteiger partial charge in [0.2, 0.25) is 0 Å². The summed E-state index contributed by atoms with van der Waals surface area (Å²) in [6.07, 6.45) is 0.298. The van der Waals surface area contributed by atoms with E-state index in [1.54, 1.807) is 12.1 Å². The predicted octanol–water partition coefficient (Wildman–Crippen LogP) is 4.58. The molecular weight excluding hydrogens is 248 g/mol. The number of ether oxygens (including phenoxy) is 1. The lowest BCUT2D eigenvalue weighted by Crippen LogP contribution is -1.94. The number of benzene rings is 2. The summed E-state index contributed by atoms with van der Waals surface area (Å²) in [4.78, 5) is 0. The van der Waals surface area contributed by atoms with E-state index in [2.05, 4.69) is 0 Å². The number of hydrogen-bond acceptors (Lipinski definition) is 2. The SMILES string of the molecule is CC[C@@H](O)c1ccc(Oc2ccc(Cl)cc2)cc1.